The predicted octanol–water partition coefficient (Wildman–Crippen LogP) is 10.8. The van der Waals surface area contributed by atoms with Crippen LogP contribution in [0.1, 0.15) is 49.8 Å². The van der Waals surface area contributed by atoms with Crippen LogP contribution in [0.5, 0.6) is 0 Å². The summed E-state index contributed by atoms with van der Waals surface area (Å²) in [6, 6.07) is 43.3. The van der Waals surface area contributed by atoms with Crippen LogP contribution in [0, 0.1) is 24.4 Å². The third kappa shape index (κ3) is 7.11. The zero-order valence-electron chi connectivity index (χ0n) is 35.8. The number of para-hydroxylation sites is 1. The van der Waals surface area contributed by atoms with Gasteiger partial charge in [0.05, 0.1) is 16.9 Å². The first kappa shape index (κ1) is 23.7. The number of nitrogens with zero attached hydrogens (tertiary/aromatic N) is 3. The van der Waals surface area contributed by atoms with Crippen molar-refractivity contribution in [3.63, 3.8) is 0 Å². The van der Waals surface area contributed by atoms with Crippen molar-refractivity contribution in [3.05, 3.63) is 156 Å². The van der Waals surface area contributed by atoms with Crippen LogP contribution in [0.2, 0.25) is 0 Å². The average molecular weight is 811 g/mol. The van der Waals surface area contributed by atoms with E-state index in [9.17, 15) is 0 Å². The molecule has 8 rings (SSSR count). The van der Waals surface area contributed by atoms with Crippen molar-refractivity contribution in [1.29, 1.82) is 0 Å². The second-order valence-electron chi connectivity index (χ2n) is 12.3. The van der Waals surface area contributed by atoms with E-state index in [4.69, 9.17) is 17.3 Å². The molecule has 0 fully saturated rings. The summed E-state index contributed by atoms with van der Waals surface area (Å²) in [6.45, 7) is 0.443. The maximum Gasteiger partial charge on any atom is 0.0777 e. The van der Waals surface area contributed by atoms with Crippen molar-refractivity contribution in [2.24, 2.45) is 5.41 Å². The van der Waals surface area contributed by atoms with Gasteiger partial charge in [-0.2, -0.15) is 0 Å². The Labute approximate surface area is 310 Å². The van der Waals surface area contributed by atoms with Gasteiger partial charge < -0.3 is 9.55 Å². The van der Waals surface area contributed by atoms with E-state index in [1.165, 1.54) is 10.8 Å². The largest absolute Gasteiger partial charge is 0.363 e. The second-order valence-corrected chi connectivity index (χ2v) is 12.3. The van der Waals surface area contributed by atoms with E-state index in [-0.39, 0.29) is 31.2 Å². The number of fused-ring (bicyclic) bond motifs is 2. The molecule has 1 aliphatic heterocycles. The average Bonchev–Trinajstić information content (AvgIpc) is 3.57. The molecular formula is C44H39IrN3-2. The number of aromatic nitrogens is 3. The number of benzene rings is 5. The SMILES string of the molecule is [2H]C([2H])([2H])c1cnc(-c2[c-]cccc2)cc1C([2H])([2H])C(C)(C)C.[2H]C1([2H])c2cc(-c3ccccc3)ccc2-c2cccc3nc(-c4[c-]cccc4)n(c23)C1([2H])[2H].[Ir]. The van der Waals surface area contributed by atoms with Gasteiger partial charge >= 0.3 is 0 Å². The number of pyridine rings is 1. The van der Waals surface area contributed by atoms with Crippen molar-refractivity contribution in [2.75, 3.05) is 0 Å². The molecule has 0 atom stereocenters. The van der Waals surface area contributed by atoms with Gasteiger partial charge in [0, 0.05) is 50.7 Å². The Bertz CT molecular complexity index is 2530. The zero-order valence-corrected chi connectivity index (χ0v) is 29.2. The number of rotatable bonds is 4. The third-order valence-corrected chi connectivity index (χ3v) is 7.74. The van der Waals surface area contributed by atoms with Gasteiger partial charge in [-0.3, -0.25) is 4.98 Å². The summed E-state index contributed by atoms with van der Waals surface area (Å²) in [5.41, 5.74) is 5.99. The summed E-state index contributed by atoms with van der Waals surface area (Å²) in [6.07, 6.45) is -2.88. The molecule has 3 nitrogen and oxygen atoms in total. The Balaban J connectivity index is 0.000000203. The smallest absolute Gasteiger partial charge is 0.0777 e. The quantitative estimate of drug-likeness (QED) is 0.166. The van der Waals surface area contributed by atoms with Crippen LogP contribution < -0.4 is 0 Å². The minimum Gasteiger partial charge on any atom is -0.363 e. The maximum atomic E-state index is 9.10. The van der Waals surface area contributed by atoms with Gasteiger partial charge in [0.1, 0.15) is 0 Å². The summed E-state index contributed by atoms with van der Waals surface area (Å²) < 4.78 is 77.8. The first-order valence-electron chi connectivity index (χ1n) is 20.0. The van der Waals surface area contributed by atoms with Crippen LogP contribution >= 0.6 is 0 Å². The maximum absolute atomic E-state index is 9.10. The molecule has 0 saturated heterocycles. The van der Waals surface area contributed by atoms with Gasteiger partial charge in [0.25, 0.3) is 0 Å². The summed E-state index contributed by atoms with van der Waals surface area (Å²) in [5, 5.41) is 0. The van der Waals surface area contributed by atoms with Crippen molar-refractivity contribution in [1.82, 2.24) is 14.5 Å². The molecule has 3 heterocycles. The first-order valence-corrected chi connectivity index (χ1v) is 15.5. The van der Waals surface area contributed by atoms with E-state index in [0.717, 1.165) is 16.7 Å². The van der Waals surface area contributed by atoms with Crippen molar-refractivity contribution < 1.29 is 32.4 Å². The summed E-state index contributed by atoms with van der Waals surface area (Å²) in [4.78, 5) is 8.93. The Kier molecular flexibility index (Phi) is 7.02. The first-order chi connectivity index (χ1) is 26.3. The normalized spacial score (nSPS) is 17.4. The fourth-order valence-electron chi connectivity index (χ4n) is 5.64. The van der Waals surface area contributed by atoms with Gasteiger partial charge in [-0.15, -0.1) is 71.8 Å². The molecule has 0 unspecified atom stereocenters. The molecule has 7 aromatic rings. The topological polar surface area (TPSA) is 30.7 Å². The van der Waals surface area contributed by atoms with Crippen molar-refractivity contribution in [2.45, 2.75) is 46.9 Å². The molecule has 1 aliphatic rings. The van der Waals surface area contributed by atoms with Crippen molar-refractivity contribution in [3.8, 4) is 44.9 Å². The Morgan fingerprint density at radius 1 is 0.812 bits per heavy atom. The van der Waals surface area contributed by atoms with E-state index in [1.807, 2.05) is 97.1 Å². The molecule has 4 heteroatoms. The van der Waals surface area contributed by atoms with E-state index >= 15 is 0 Å². The summed E-state index contributed by atoms with van der Waals surface area (Å²) in [5.74, 6) is 0.364. The monoisotopic (exact) mass is 811 g/mol. The van der Waals surface area contributed by atoms with Gasteiger partial charge in [-0.1, -0.05) is 93.1 Å². The molecular weight excluding hydrogens is 763 g/mol. The number of hydrogen-bond acceptors (Lipinski definition) is 2. The molecule has 0 amide bonds. The fraction of sp³-hybridized carbons (Fsp3) is 0.182. The molecule has 5 aromatic carbocycles. The van der Waals surface area contributed by atoms with Crippen LogP contribution in [-0.4, -0.2) is 14.5 Å². The molecule has 2 aromatic heterocycles. The van der Waals surface area contributed by atoms with Crippen LogP contribution in [0.4, 0.5) is 0 Å². The minimum absolute atomic E-state index is 0. The van der Waals surface area contributed by atoms with Gasteiger partial charge in [-0.25, -0.2) is 0 Å². The predicted molar refractivity (Wildman–Crippen MR) is 195 cm³/mol. The Morgan fingerprint density at radius 3 is 2.27 bits per heavy atom. The molecule has 1 radical (unpaired) electrons. The van der Waals surface area contributed by atoms with Gasteiger partial charge in [0.15, 0.2) is 0 Å². The van der Waals surface area contributed by atoms with E-state index in [0.29, 0.717) is 44.8 Å². The van der Waals surface area contributed by atoms with E-state index < -0.39 is 31.5 Å². The second kappa shape index (κ2) is 14.2. The van der Waals surface area contributed by atoms with Crippen LogP contribution in [-0.2, 0) is 39.3 Å². The number of hydrogen-bond donors (Lipinski definition) is 0. The molecule has 241 valence electrons. The Morgan fingerprint density at radius 2 is 1.56 bits per heavy atom. The molecule has 48 heavy (non-hydrogen) atoms. The van der Waals surface area contributed by atoms with Crippen LogP contribution in [0.25, 0.3) is 55.9 Å². The third-order valence-electron chi connectivity index (χ3n) is 7.74. The van der Waals surface area contributed by atoms with Crippen LogP contribution in [0.15, 0.2) is 128 Å². The molecule has 0 spiro atoms. The van der Waals surface area contributed by atoms with E-state index in [1.54, 1.807) is 45.0 Å². The number of aryl methyl sites for hydroxylation is 3. The molecule has 0 aliphatic carbocycles. The standard InChI is InChI=1S/C27H19N2.C17H20N.Ir/c1-3-8-19(9-4-1)21-14-15-23-22(18-21)16-17-29-26-24(23)12-7-13-25(26)28-27(29)20-10-5-2-6-11-20;1-13-12-18-16(14-8-6-5-7-9-14)10-15(13)11-17(2,3)4;/h1-10,12-15,18H,16-17H2;5-8,10,12H,11H2,1-4H3;/q2*-1;/i16D2,17D2;1D3,11D2;. The summed E-state index contributed by atoms with van der Waals surface area (Å²) >= 11 is 0. The molecule has 0 bridgehead atoms. The van der Waals surface area contributed by atoms with Gasteiger partial charge in [0.2, 0.25) is 0 Å². The molecule has 0 saturated carbocycles. The van der Waals surface area contributed by atoms with Crippen LogP contribution in [0.3, 0.4) is 0 Å². The number of imidazole rings is 1. The minimum atomic E-state index is -2.42. The van der Waals surface area contributed by atoms with Crippen molar-refractivity contribution >= 4 is 11.0 Å². The Hall–Kier alpha value is -4.63. The van der Waals surface area contributed by atoms with E-state index in [2.05, 4.69) is 17.1 Å². The molecule has 0 N–H and O–H groups in total. The fourth-order valence-corrected chi connectivity index (χ4v) is 5.64. The zero-order chi connectivity index (χ0) is 40.3. The van der Waals surface area contributed by atoms with Gasteiger partial charge in [-0.05, 0) is 64.6 Å². The summed E-state index contributed by atoms with van der Waals surface area (Å²) in [7, 11) is 0.